The van der Waals surface area contributed by atoms with Crippen LogP contribution >= 0.6 is 15.9 Å². The molecule has 0 radical (unpaired) electrons. The highest BCUT2D eigenvalue weighted by Gasteiger charge is 2.28. The third-order valence-corrected chi connectivity index (χ3v) is 5.19. The monoisotopic (exact) mass is 456 g/mol. The second-order valence-electron chi connectivity index (χ2n) is 6.80. The van der Waals surface area contributed by atoms with Crippen LogP contribution in [0.1, 0.15) is 39.7 Å². The van der Waals surface area contributed by atoms with Crippen molar-refractivity contribution in [1.82, 2.24) is 0 Å². The standard InChI is InChI=1S/C23H25BrN2O3/c1-5-15(3)29-22-20(24)13-17(14-21(22)28-6-2)12-19-16(4)25-26(23(19)27)18-10-8-7-9-11-18/h7-15H,5-6H2,1-4H3/b19-12+/t15-/m0/s1. The number of carbonyl (C=O) groups is 1. The fraction of sp³-hybridized carbons (Fsp3) is 0.304. The van der Waals surface area contributed by atoms with Crippen LogP contribution in [0.3, 0.4) is 0 Å². The van der Waals surface area contributed by atoms with Crippen molar-refractivity contribution in [1.29, 1.82) is 0 Å². The molecule has 0 N–H and O–H groups in total. The molecule has 1 aliphatic rings. The van der Waals surface area contributed by atoms with Gasteiger partial charge >= 0.3 is 0 Å². The van der Waals surface area contributed by atoms with Crippen molar-refractivity contribution >= 4 is 39.3 Å². The van der Waals surface area contributed by atoms with Crippen LogP contribution in [0.4, 0.5) is 5.69 Å². The van der Waals surface area contributed by atoms with Crippen molar-refractivity contribution < 1.29 is 14.3 Å². The van der Waals surface area contributed by atoms with Gasteiger partial charge in [-0.25, -0.2) is 0 Å². The van der Waals surface area contributed by atoms with Gasteiger partial charge in [0, 0.05) is 0 Å². The minimum atomic E-state index is -0.150. The van der Waals surface area contributed by atoms with Gasteiger partial charge in [0.05, 0.1) is 34.2 Å². The lowest BCUT2D eigenvalue weighted by Gasteiger charge is -2.18. The van der Waals surface area contributed by atoms with E-state index in [1.54, 1.807) is 0 Å². The van der Waals surface area contributed by atoms with Gasteiger partial charge in [-0.1, -0.05) is 25.1 Å². The summed E-state index contributed by atoms with van der Waals surface area (Å²) < 4.78 is 12.6. The number of hydrazone groups is 1. The molecule has 0 aliphatic carbocycles. The molecule has 0 unspecified atom stereocenters. The molecule has 6 heteroatoms. The van der Waals surface area contributed by atoms with E-state index in [0.29, 0.717) is 29.4 Å². The highest BCUT2D eigenvalue weighted by Crippen LogP contribution is 2.39. The lowest BCUT2D eigenvalue weighted by atomic mass is 10.1. The Bertz CT molecular complexity index is 954. The highest BCUT2D eigenvalue weighted by atomic mass is 79.9. The lowest BCUT2D eigenvalue weighted by molar-refractivity contribution is -0.114. The number of amides is 1. The van der Waals surface area contributed by atoms with Crippen molar-refractivity contribution in [3.05, 3.63) is 58.1 Å². The summed E-state index contributed by atoms with van der Waals surface area (Å²) >= 11 is 3.59. The molecule has 0 saturated heterocycles. The summed E-state index contributed by atoms with van der Waals surface area (Å²) in [5.74, 6) is 1.18. The molecule has 0 bridgehead atoms. The number of para-hydroxylation sites is 1. The molecule has 0 saturated carbocycles. The van der Waals surface area contributed by atoms with Gasteiger partial charge < -0.3 is 9.47 Å². The van der Waals surface area contributed by atoms with Crippen LogP contribution in [0.2, 0.25) is 0 Å². The van der Waals surface area contributed by atoms with Crippen molar-refractivity contribution in [2.75, 3.05) is 11.6 Å². The summed E-state index contributed by atoms with van der Waals surface area (Å²) in [6, 6.07) is 13.2. The van der Waals surface area contributed by atoms with Crippen molar-refractivity contribution in [3.63, 3.8) is 0 Å². The third kappa shape index (κ3) is 4.70. The highest BCUT2D eigenvalue weighted by molar-refractivity contribution is 9.10. The SMILES string of the molecule is CCOc1cc(/C=C2/C(=O)N(c3ccccc3)N=C2C)cc(Br)c1O[C@@H](C)CC. The molecule has 0 spiro atoms. The summed E-state index contributed by atoms with van der Waals surface area (Å²) in [6.45, 7) is 8.38. The lowest BCUT2D eigenvalue weighted by Crippen LogP contribution is -2.21. The van der Waals surface area contributed by atoms with Crippen molar-refractivity contribution in [2.24, 2.45) is 5.10 Å². The Balaban J connectivity index is 1.95. The van der Waals surface area contributed by atoms with E-state index < -0.39 is 0 Å². The smallest absolute Gasteiger partial charge is 0.280 e. The maximum atomic E-state index is 12.9. The first kappa shape index (κ1) is 21.1. The molecule has 1 heterocycles. The van der Waals surface area contributed by atoms with Gasteiger partial charge in [-0.3, -0.25) is 4.79 Å². The Morgan fingerprint density at radius 3 is 2.59 bits per heavy atom. The molecule has 29 heavy (non-hydrogen) atoms. The first-order valence-electron chi connectivity index (χ1n) is 9.74. The van der Waals surface area contributed by atoms with Gasteiger partial charge in [-0.05, 0) is 79.0 Å². The number of anilines is 1. The second-order valence-corrected chi connectivity index (χ2v) is 7.65. The van der Waals surface area contributed by atoms with E-state index in [9.17, 15) is 4.79 Å². The van der Waals surface area contributed by atoms with E-state index in [4.69, 9.17) is 9.47 Å². The second kappa shape index (κ2) is 9.27. The number of benzene rings is 2. The Hall–Kier alpha value is -2.60. The fourth-order valence-electron chi connectivity index (χ4n) is 2.93. The largest absolute Gasteiger partial charge is 0.490 e. The van der Waals surface area contributed by atoms with Gasteiger partial charge in [-0.2, -0.15) is 10.1 Å². The van der Waals surface area contributed by atoms with Gasteiger partial charge in [0.15, 0.2) is 11.5 Å². The normalized spacial score (nSPS) is 16.2. The van der Waals surface area contributed by atoms with E-state index in [0.717, 1.165) is 22.1 Å². The number of carbonyl (C=O) groups excluding carboxylic acids is 1. The molecular weight excluding hydrogens is 432 g/mol. The maximum absolute atomic E-state index is 12.9. The van der Waals surface area contributed by atoms with Crippen LogP contribution in [0.5, 0.6) is 11.5 Å². The summed E-state index contributed by atoms with van der Waals surface area (Å²) in [7, 11) is 0. The molecule has 1 amide bonds. The zero-order chi connectivity index (χ0) is 21.0. The Morgan fingerprint density at radius 2 is 1.93 bits per heavy atom. The van der Waals surface area contributed by atoms with Crippen LogP contribution < -0.4 is 14.5 Å². The maximum Gasteiger partial charge on any atom is 0.280 e. The average Bonchev–Trinajstić information content (AvgIpc) is 2.99. The minimum absolute atomic E-state index is 0.0694. The van der Waals surface area contributed by atoms with E-state index in [2.05, 4.69) is 28.0 Å². The molecule has 0 aromatic heterocycles. The van der Waals surface area contributed by atoms with Crippen LogP contribution in [0.15, 0.2) is 57.6 Å². The molecule has 2 aromatic rings. The molecule has 0 fully saturated rings. The van der Waals surface area contributed by atoms with E-state index >= 15 is 0 Å². The fourth-order valence-corrected chi connectivity index (χ4v) is 3.48. The zero-order valence-corrected chi connectivity index (χ0v) is 18.7. The van der Waals surface area contributed by atoms with Crippen molar-refractivity contribution in [3.8, 4) is 11.5 Å². The van der Waals surface area contributed by atoms with Gasteiger partial charge in [0.25, 0.3) is 5.91 Å². The van der Waals surface area contributed by atoms with E-state index in [1.165, 1.54) is 5.01 Å². The van der Waals surface area contributed by atoms with Crippen LogP contribution in [0.25, 0.3) is 6.08 Å². The minimum Gasteiger partial charge on any atom is -0.490 e. The topological polar surface area (TPSA) is 51.1 Å². The predicted molar refractivity (Wildman–Crippen MR) is 121 cm³/mol. The number of hydrogen-bond donors (Lipinski definition) is 0. The van der Waals surface area contributed by atoms with Gasteiger partial charge in [-0.15, -0.1) is 0 Å². The number of hydrogen-bond acceptors (Lipinski definition) is 4. The Morgan fingerprint density at radius 1 is 1.21 bits per heavy atom. The molecule has 1 atom stereocenters. The molecule has 2 aromatic carbocycles. The molecular formula is C23H25BrN2O3. The number of ether oxygens (including phenoxy) is 2. The third-order valence-electron chi connectivity index (χ3n) is 4.60. The summed E-state index contributed by atoms with van der Waals surface area (Å²) in [5.41, 5.74) is 2.81. The van der Waals surface area contributed by atoms with Crippen molar-refractivity contribution in [2.45, 2.75) is 40.2 Å². The van der Waals surface area contributed by atoms with Crippen LogP contribution in [-0.2, 0) is 4.79 Å². The molecule has 5 nitrogen and oxygen atoms in total. The van der Waals surface area contributed by atoms with E-state index in [-0.39, 0.29) is 12.0 Å². The predicted octanol–water partition coefficient (Wildman–Crippen LogP) is 5.83. The summed E-state index contributed by atoms with van der Waals surface area (Å²) in [4.78, 5) is 12.9. The molecule has 3 rings (SSSR count). The quantitative estimate of drug-likeness (QED) is 0.492. The Kier molecular flexibility index (Phi) is 6.75. The Labute approximate surface area is 180 Å². The molecule has 152 valence electrons. The molecule has 1 aliphatic heterocycles. The van der Waals surface area contributed by atoms with Crippen LogP contribution in [0, 0.1) is 0 Å². The number of rotatable bonds is 7. The van der Waals surface area contributed by atoms with Crippen LogP contribution in [-0.4, -0.2) is 24.3 Å². The summed E-state index contributed by atoms with van der Waals surface area (Å²) in [5, 5.41) is 5.86. The zero-order valence-electron chi connectivity index (χ0n) is 17.1. The number of nitrogens with zero attached hydrogens (tertiary/aromatic N) is 2. The van der Waals surface area contributed by atoms with Gasteiger partial charge in [0.1, 0.15) is 0 Å². The first-order chi connectivity index (χ1) is 13.9. The number of halogens is 1. The average molecular weight is 457 g/mol. The van der Waals surface area contributed by atoms with E-state index in [1.807, 2.05) is 69.3 Å². The summed E-state index contributed by atoms with van der Waals surface area (Å²) in [6.07, 6.45) is 2.80. The van der Waals surface area contributed by atoms with Gasteiger partial charge in [0.2, 0.25) is 0 Å². The first-order valence-corrected chi connectivity index (χ1v) is 10.5.